The van der Waals surface area contributed by atoms with Gasteiger partial charge >= 0.3 is 5.66 Å². The van der Waals surface area contributed by atoms with Gasteiger partial charge in [0.2, 0.25) is 5.91 Å². The third kappa shape index (κ3) is 1.91. The standard InChI is InChI=1S/C14H14N2O3S/c1-10(17)15-13(16(18)19)7-8-14(12(9-13)20-14)11-5-3-2-4-6-11/h2-8,12H,9H2,1H3,(H,15,17). The van der Waals surface area contributed by atoms with Crippen LogP contribution < -0.4 is 5.32 Å². The molecule has 0 saturated carbocycles. The summed E-state index contributed by atoms with van der Waals surface area (Å²) < 4.78 is -0.154. The molecule has 1 aliphatic carbocycles. The molecule has 3 unspecified atom stereocenters. The molecule has 1 N–H and O–H groups in total. The van der Waals surface area contributed by atoms with Crippen LogP contribution in [-0.2, 0) is 9.54 Å². The van der Waals surface area contributed by atoms with Crippen LogP contribution >= 0.6 is 11.8 Å². The van der Waals surface area contributed by atoms with E-state index < -0.39 is 10.6 Å². The number of carbonyl (C=O) groups is 1. The van der Waals surface area contributed by atoms with Gasteiger partial charge in [0, 0.05) is 18.2 Å². The lowest BCUT2D eigenvalue weighted by atomic mass is 9.84. The average molecular weight is 290 g/mol. The second kappa shape index (κ2) is 4.34. The molecule has 2 aliphatic rings. The summed E-state index contributed by atoms with van der Waals surface area (Å²) in [6, 6.07) is 9.96. The van der Waals surface area contributed by atoms with Gasteiger partial charge in [-0.1, -0.05) is 36.4 Å². The summed E-state index contributed by atoms with van der Waals surface area (Å²) in [6.07, 6.45) is 3.73. The van der Waals surface area contributed by atoms with Gasteiger partial charge in [-0.25, -0.2) is 0 Å². The van der Waals surface area contributed by atoms with Gasteiger partial charge in [0.15, 0.2) is 0 Å². The first-order valence-corrected chi connectivity index (χ1v) is 7.23. The van der Waals surface area contributed by atoms with Crippen LogP contribution in [0.5, 0.6) is 0 Å². The maximum absolute atomic E-state index is 11.3. The molecular weight excluding hydrogens is 276 g/mol. The Balaban J connectivity index is 1.93. The molecule has 1 heterocycles. The maximum atomic E-state index is 11.3. The van der Waals surface area contributed by atoms with Crippen LogP contribution in [0.2, 0.25) is 0 Å². The molecule has 1 aromatic rings. The van der Waals surface area contributed by atoms with Crippen LogP contribution in [0.3, 0.4) is 0 Å². The predicted molar refractivity (Wildman–Crippen MR) is 76.8 cm³/mol. The normalized spacial score (nSPS) is 34.1. The smallest absolute Gasteiger partial charge is 0.288 e. The molecule has 104 valence electrons. The van der Waals surface area contributed by atoms with Crippen molar-refractivity contribution in [2.45, 2.75) is 29.0 Å². The summed E-state index contributed by atoms with van der Waals surface area (Å²) in [5.74, 6) is -0.385. The van der Waals surface area contributed by atoms with Crippen LogP contribution in [0, 0.1) is 10.1 Å². The fourth-order valence-electron chi connectivity index (χ4n) is 2.78. The molecular formula is C14H14N2O3S. The minimum absolute atomic E-state index is 0.132. The Morgan fingerprint density at radius 1 is 1.40 bits per heavy atom. The third-order valence-corrected chi connectivity index (χ3v) is 5.42. The highest BCUT2D eigenvalue weighted by atomic mass is 32.2. The molecule has 0 radical (unpaired) electrons. The van der Waals surface area contributed by atoms with E-state index in [9.17, 15) is 14.9 Å². The first kappa shape index (κ1) is 13.2. The first-order valence-electron chi connectivity index (χ1n) is 6.35. The van der Waals surface area contributed by atoms with E-state index in [-0.39, 0.29) is 15.9 Å². The molecule has 1 saturated heterocycles. The van der Waals surface area contributed by atoms with Crippen molar-refractivity contribution in [2.75, 3.05) is 0 Å². The number of hydrogen-bond donors (Lipinski definition) is 1. The molecule has 1 amide bonds. The van der Waals surface area contributed by atoms with Crippen molar-refractivity contribution in [2.24, 2.45) is 0 Å². The highest BCUT2D eigenvalue weighted by Crippen LogP contribution is 2.66. The third-order valence-electron chi connectivity index (χ3n) is 3.80. The Hall–Kier alpha value is -1.82. The number of thioether (sulfide) groups is 1. The topological polar surface area (TPSA) is 72.2 Å². The SMILES string of the molecule is CC(=O)NC1([N+](=O)[O-])C=CC2(c3ccccc3)SC2C1. The summed E-state index contributed by atoms with van der Waals surface area (Å²) in [4.78, 5) is 22.2. The van der Waals surface area contributed by atoms with E-state index in [0.29, 0.717) is 6.42 Å². The van der Waals surface area contributed by atoms with Crippen LogP contribution in [-0.4, -0.2) is 21.7 Å². The van der Waals surface area contributed by atoms with Crippen molar-refractivity contribution in [3.63, 3.8) is 0 Å². The zero-order valence-electron chi connectivity index (χ0n) is 10.9. The molecule has 1 fully saturated rings. The Morgan fingerprint density at radius 2 is 2.10 bits per heavy atom. The largest absolute Gasteiger partial charge is 0.316 e. The van der Waals surface area contributed by atoms with Gasteiger partial charge in [-0.15, -0.1) is 11.8 Å². The average Bonchev–Trinajstić information content (AvgIpc) is 3.13. The van der Waals surface area contributed by atoms with Crippen molar-refractivity contribution >= 4 is 17.7 Å². The highest BCUT2D eigenvalue weighted by molar-refractivity contribution is 8.08. The molecule has 0 aromatic heterocycles. The summed E-state index contributed by atoms with van der Waals surface area (Å²) in [5.41, 5.74) is -0.302. The number of nitro groups is 1. The number of nitrogens with zero attached hydrogens (tertiary/aromatic N) is 1. The summed E-state index contributed by atoms with van der Waals surface area (Å²) >= 11 is 1.70. The molecule has 5 nitrogen and oxygen atoms in total. The monoisotopic (exact) mass is 290 g/mol. The molecule has 1 aliphatic heterocycles. The van der Waals surface area contributed by atoms with Crippen molar-refractivity contribution in [1.82, 2.24) is 5.32 Å². The lowest BCUT2D eigenvalue weighted by Crippen LogP contribution is -2.54. The minimum atomic E-state index is -1.46. The van der Waals surface area contributed by atoms with Crippen molar-refractivity contribution in [1.29, 1.82) is 0 Å². The van der Waals surface area contributed by atoms with Crippen molar-refractivity contribution in [3.8, 4) is 0 Å². The molecule has 1 aromatic carbocycles. The van der Waals surface area contributed by atoms with Gasteiger partial charge < -0.3 is 0 Å². The molecule has 0 spiro atoms. The van der Waals surface area contributed by atoms with Crippen molar-refractivity contribution < 1.29 is 9.72 Å². The molecule has 6 heteroatoms. The predicted octanol–water partition coefficient (Wildman–Crippen LogP) is 2.07. The van der Waals surface area contributed by atoms with E-state index in [0.717, 1.165) is 5.56 Å². The van der Waals surface area contributed by atoms with Gasteiger partial charge in [0.1, 0.15) is 0 Å². The minimum Gasteiger partial charge on any atom is -0.288 e. The fourth-order valence-corrected chi connectivity index (χ4v) is 4.24. The van der Waals surface area contributed by atoms with E-state index in [1.807, 2.05) is 36.4 Å². The second-order valence-electron chi connectivity index (χ2n) is 5.17. The van der Waals surface area contributed by atoms with E-state index in [1.165, 1.54) is 13.0 Å². The number of carbonyl (C=O) groups excluding carboxylic acids is 1. The maximum Gasteiger partial charge on any atom is 0.316 e. The summed E-state index contributed by atoms with van der Waals surface area (Å²) in [6.45, 7) is 1.30. The van der Waals surface area contributed by atoms with Crippen LogP contribution in [0.25, 0.3) is 0 Å². The quantitative estimate of drug-likeness (QED) is 0.304. The highest BCUT2D eigenvalue weighted by Gasteiger charge is 2.63. The Labute approximate surface area is 120 Å². The van der Waals surface area contributed by atoms with E-state index in [4.69, 9.17) is 0 Å². The van der Waals surface area contributed by atoms with Gasteiger partial charge in [-0.05, 0) is 5.56 Å². The number of rotatable bonds is 3. The van der Waals surface area contributed by atoms with Crippen LogP contribution in [0.15, 0.2) is 42.5 Å². The lowest BCUT2D eigenvalue weighted by molar-refractivity contribution is -0.561. The van der Waals surface area contributed by atoms with Gasteiger partial charge in [-0.3, -0.25) is 20.2 Å². The van der Waals surface area contributed by atoms with Crippen molar-refractivity contribution in [3.05, 3.63) is 58.2 Å². The van der Waals surface area contributed by atoms with Gasteiger partial charge in [0.05, 0.1) is 16.1 Å². The Kier molecular flexibility index (Phi) is 2.86. The molecule has 0 bridgehead atoms. The Bertz CT molecular complexity index is 604. The second-order valence-corrected chi connectivity index (χ2v) is 6.65. The van der Waals surface area contributed by atoms with E-state index in [1.54, 1.807) is 11.8 Å². The Morgan fingerprint density at radius 3 is 2.65 bits per heavy atom. The fraction of sp³-hybridized carbons (Fsp3) is 0.357. The number of benzene rings is 1. The van der Waals surface area contributed by atoms with Gasteiger partial charge in [-0.2, -0.15) is 0 Å². The lowest BCUT2D eigenvalue weighted by Gasteiger charge is -2.27. The number of fused-ring (bicyclic) bond motifs is 1. The summed E-state index contributed by atoms with van der Waals surface area (Å²) in [5, 5.41) is 14.0. The van der Waals surface area contributed by atoms with E-state index >= 15 is 0 Å². The first-order chi connectivity index (χ1) is 9.48. The summed E-state index contributed by atoms with van der Waals surface area (Å²) in [7, 11) is 0. The van der Waals surface area contributed by atoms with Crippen LogP contribution in [0.1, 0.15) is 18.9 Å². The molecule has 3 atom stereocenters. The number of nitrogens with one attached hydrogen (secondary N) is 1. The number of hydrogen-bond acceptors (Lipinski definition) is 4. The number of amides is 1. The van der Waals surface area contributed by atoms with Gasteiger partial charge in [0.25, 0.3) is 0 Å². The molecule has 20 heavy (non-hydrogen) atoms. The van der Waals surface area contributed by atoms with Crippen LogP contribution in [0.4, 0.5) is 0 Å². The van der Waals surface area contributed by atoms with E-state index in [2.05, 4.69) is 5.32 Å². The zero-order valence-corrected chi connectivity index (χ0v) is 11.7. The molecule has 3 rings (SSSR count). The zero-order chi connectivity index (χ0) is 14.4.